The molecule has 0 atom stereocenters. The molecule has 0 aliphatic rings. The average Bonchev–Trinajstić information content (AvgIpc) is 2.92. The Morgan fingerprint density at radius 2 is 1.86 bits per heavy atom. The van der Waals surface area contributed by atoms with E-state index in [9.17, 15) is 0 Å². The van der Waals surface area contributed by atoms with Crippen LogP contribution in [-0.2, 0) is 20.0 Å². The molecule has 0 spiro atoms. The molecule has 0 unspecified atom stereocenters. The molecular formula is C20H32IN5O2. The number of ether oxygens (including phenoxy) is 2. The summed E-state index contributed by atoms with van der Waals surface area (Å²) in [4.78, 5) is 4.29. The molecule has 0 fully saturated rings. The van der Waals surface area contributed by atoms with Crippen LogP contribution in [0.2, 0.25) is 0 Å². The van der Waals surface area contributed by atoms with Gasteiger partial charge in [-0.1, -0.05) is 6.07 Å². The number of aromatic nitrogens is 2. The summed E-state index contributed by atoms with van der Waals surface area (Å²) in [5, 5.41) is 11.2. The summed E-state index contributed by atoms with van der Waals surface area (Å²) in [7, 11) is 7.05. The topological polar surface area (TPSA) is 72.7 Å². The Bertz CT molecular complexity index is 789. The normalized spacial score (nSPS) is 11.0. The van der Waals surface area contributed by atoms with E-state index in [1.165, 1.54) is 16.8 Å². The van der Waals surface area contributed by atoms with Crippen LogP contribution < -0.4 is 20.1 Å². The highest BCUT2D eigenvalue weighted by atomic mass is 127. The summed E-state index contributed by atoms with van der Waals surface area (Å²) >= 11 is 0. The van der Waals surface area contributed by atoms with Crippen LogP contribution in [-0.4, -0.2) is 43.6 Å². The van der Waals surface area contributed by atoms with Crippen molar-refractivity contribution in [1.29, 1.82) is 0 Å². The van der Waals surface area contributed by atoms with Gasteiger partial charge < -0.3 is 20.1 Å². The maximum absolute atomic E-state index is 5.36. The fourth-order valence-corrected chi connectivity index (χ4v) is 3.00. The number of aliphatic imine (C=N–C) groups is 1. The number of methoxy groups -OCH3 is 2. The Labute approximate surface area is 184 Å². The summed E-state index contributed by atoms with van der Waals surface area (Å²) in [6.07, 6.45) is 1.94. The van der Waals surface area contributed by atoms with Crippen LogP contribution in [0, 0.1) is 13.8 Å². The zero-order valence-corrected chi connectivity index (χ0v) is 20.0. The second-order valence-electron chi connectivity index (χ2n) is 6.42. The Morgan fingerprint density at radius 1 is 1.14 bits per heavy atom. The predicted molar refractivity (Wildman–Crippen MR) is 124 cm³/mol. The maximum Gasteiger partial charge on any atom is 0.191 e. The van der Waals surface area contributed by atoms with Crippen LogP contribution in [0.3, 0.4) is 0 Å². The number of halogens is 1. The van der Waals surface area contributed by atoms with Crippen LogP contribution >= 0.6 is 24.0 Å². The third-order valence-corrected chi connectivity index (χ3v) is 4.70. The van der Waals surface area contributed by atoms with Gasteiger partial charge in [-0.3, -0.25) is 9.67 Å². The molecule has 0 bridgehead atoms. The zero-order chi connectivity index (χ0) is 19.8. The highest BCUT2D eigenvalue weighted by molar-refractivity contribution is 14.0. The molecule has 7 nitrogen and oxygen atoms in total. The average molecular weight is 501 g/mol. The van der Waals surface area contributed by atoms with Crippen molar-refractivity contribution in [3.63, 3.8) is 0 Å². The lowest BCUT2D eigenvalue weighted by molar-refractivity contribution is 0.354. The van der Waals surface area contributed by atoms with Crippen molar-refractivity contribution in [2.45, 2.75) is 33.2 Å². The molecule has 0 amide bonds. The van der Waals surface area contributed by atoms with E-state index in [1.807, 2.05) is 30.8 Å². The van der Waals surface area contributed by atoms with Crippen molar-refractivity contribution in [2.24, 2.45) is 12.0 Å². The van der Waals surface area contributed by atoms with E-state index >= 15 is 0 Å². The highest BCUT2D eigenvalue weighted by Gasteiger charge is 2.09. The van der Waals surface area contributed by atoms with E-state index in [0.717, 1.165) is 42.5 Å². The molecule has 0 radical (unpaired) electrons. The number of nitrogens with one attached hydrogen (secondary N) is 2. The number of aryl methyl sites for hydroxylation is 3. The van der Waals surface area contributed by atoms with Gasteiger partial charge in [-0.25, -0.2) is 0 Å². The first-order valence-electron chi connectivity index (χ1n) is 9.14. The number of guanidine groups is 1. The van der Waals surface area contributed by atoms with Gasteiger partial charge in [0.2, 0.25) is 0 Å². The maximum atomic E-state index is 5.36. The Morgan fingerprint density at radius 3 is 2.43 bits per heavy atom. The minimum absolute atomic E-state index is 0. The molecule has 156 valence electrons. The summed E-state index contributed by atoms with van der Waals surface area (Å²) < 4.78 is 12.5. The molecule has 2 aromatic rings. The molecule has 0 aliphatic heterocycles. The zero-order valence-electron chi connectivity index (χ0n) is 17.6. The standard InChI is InChI=1S/C20H31N5O2.HI/c1-14-17(15(2)25(4)24-14)13-23-20(21-3)22-11-7-8-16-9-10-18(26-5)19(12-16)27-6;/h9-10,12H,7-8,11,13H2,1-6H3,(H2,21,22,23);1H. The lowest BCUT2D eigenvalue weighted by Crippen LogP contribution is -2.37. The molecule has 2 rings (SSSR count). The lowest BCUT2D eigenvalue weighted by atomic mass is 10.1. The van der Waals surface area contributed by atoms with Crippen LogP contribution in [0.25, 0.3) is 0 Å². The van der Waals surface area contributed by atoms with Gasteiger partial charge in [0.05, 0.1) is 19.9 Å². The Kier molecular flexibility index (Phi) is 10.1. The van der Waals surface area contributed by atoms with Crippen molar-refractivity contribution in [3.05, 3.63) is 40.7 Å². The third kappa shape index (κ3) is 6.29. The van der Waals surface area contributed by atoms with Crippen LogP contribution in [0.5, 0.6) is 11.5 Å². The highest BCUT2D eigenvalue weighted by Crippen LogP contribution is 2.27. The van der Waals surface area contributed by atoms with E-state index in [0.29, 0.717) is 6.54 Å². The summed E-state index contributed by atoms with van der Waals surface area (Å²) in [6, 6.07) is 6.04. The van der Waals surface area contributed by atoms with E-state index < -0.39 is 0 Å². The predicted octanol–water partition coefficient (Wildman–Crippen LogP) is 2.97. The number of hydrogen-bond acceptors (Lipinski definition) is 4. The first kappa shape index (κ1) is 24.1. The number of hydrogen-bond donors (Lipinski definition) is 2. The van der Waals surface area contributed by atoms with Gasteiger partial charge in [-0.2, -0.15) is 5.10 Å². The van der Waals surface area contributed by atoms with Gasteiger partial charge in [0.25, 0.3) is 0 Å². The van der Waals surface area contributed by atoms with Crippen LogP contribution in [0.15, 0.2) is 23.2 Å². The fraction of sp³-hybridized carbons (Fsp3) is 0.500. The van der Waals surface area contributed by atoms with Crippen molar-refractivity contribution in [2.75, 3.05) is 27.8 Å². The molecule has 28 heavy (non-hydrogen) atoms. The molecule has 1 aromatic heterocycles. The molecule has 0 saturated carbocycles. The van der Waals surface area contributed by atoms with Gasteiger partial charge in [0, 0.05) is 38.4 Å². The van der Waals surface area contributed by atoms with Gasteiger partial charge in [0.1, 0.15) is 0 Å². The largest absolute Gasteiger partial charge is 0.493 e. The molecule has 1 heterocycles. The summed E-state index contributed by atoms with van der Waals surface area (Å²) in [6.45, 7) is 5.65. The van der Waals surface area contributed by atoms with E-state index in [-0.39, 0.29) is 24.0 Å². The quantitative estimate of drug-likeness (QED) is 0.252. The third-order valence-electron chi connectivity index (χ3n) is 4.70. The lowest BCUT2D eigenvalue weighted by Gasteiger charge is -2.13. The molecule has 2 N–H and O–H groups in total. The molecule has 0 saturated heterocycles. The van der Waals surface area contributed by atoms with Crippen molar-refractivity contribution in [3.8, 4) is 11.5 Å². The SMILES string of the molecule is CN=C(NCCCc1ccc(OC)c(OC)c1)NCc1c(C)nn(C)c1C.I. The Hall–Kier alpha value is -1.97. The van der Waals surface area contributed by atoms with Gasteiger partial charge in [0.15, 0.2) is 17.5 Å². The number of benzene rings is 1. The summed E-state index contributed by atoms with van der Waals surface area (Å²) in [5.41, 5.74) is 4.65. The summed E-state index contributed by atoms with van der Waals surface area (Å²) in [5.74, 6) is 2.32. The first-order chi connectivity index (χ1) is 13.0. The minimum atomic E-state index is 0. The van der Waals surface area contributed by atoms with Crippen LogP contribution in [0.1, 0.15) is 28.9 Å². The van der Waals surface area contributed by atoms with Gasteiger partial charge in [-0.15, -0.1) is 24.0 Å². The molecule has 0 aliphatic carbocycles. The fourth-order valence-electron chi connectivity index (χ4n) is 3.00. The van der Waals surface area contributed by atoms with Crippen LogP contribution in [0.4, 0.5) is 0 Å². The second-order valence-corrected chi connectivity index (χ2v) is 6.42. The van der Waals surface area contributed by atoms with Crippen molar-refractivity contribution < 1.29 is 9.47 Å². The van der Waals surface area contributed by atoms with Crippen molar-refractivity contribution in [1.82, 2.24) is 20.4 Å². The minimum Gasteiger partial charge on any atom is -0.493 e. The van der Waals surface area contributed by atoms with E-state index in [1.54, 1.807) is 21.3 Å². The number of rotatable bonds is 8. The van der Waals surface area contributed by atoms with Gasteiger partial charge in [-0.05, 0) is 44.4 Å². The smallest absolute Gasteiger partial charge is 0.191 e. The Balaban J connectivity index is 0.00000392. The first-order valence-corrected chi connectivity index (χ1v) is 9.14. The number of nitrogens with zero attached hydrogens (tertiary/aromatic N) is 3. The van der Waals surface area contributed by atoms with E-state index in [4.69, 9.17) is 9.47 Å². The molecule has 8 heteroatoms. The molecule has 1 aromatic carbocycles. The van der Waals surface area contributed by atoms with E-state index in [2.05, 4.69) is 33.7 Å². The van der Waals surface area contributed by atoms with Crippen molar-refractivity contribution >= 4 is 29.9 Å². The van der Waals surface area contributed by atoms with Gasteiger partial charge >= 0.3 is 0 Å². The molecular weight excluding hydrogens is 469 g/mol. The second kappa shape index (κ2) is 11.8. The monoisotopic (exact) mass is 501 g/mol.